The molecule has 1 atom stereocenters. The number of carbonyl (C=O) groups excluding carboxylic acids is 2. The lowest BCUT2D eigenvalue weighted by molar-refractivity contribution is -0.140. The van der Waals surface area contributed by atoms with E-state index in [9.17, 15) is 14.7 Å². The number of hydrogen-bond acceptors (Lipinski definition) is 6. The maximum Gasteiger partial charge on any atom is 0.295 e. The third kappa shape index (κ3) is 4.17. The van der Waals surface area contributed by atoms with Gasteiger partial charge in [-0.05, 0) is 60.0 Å². The smallest absolute Gasteiger partial charge is 0.295 e. The Bertz CT molecular complexity index is 1220. The van der Waals surface area contributed by atoms with Crippen molar-refractivity contribution in [1.29, 1.82) is 0 Å². The number of carbonyl (C=O) groups is 2. The highest BCUT2D eigenvalue weighted by Gasteiger charge is 2.46. The van der Waals surface area contributed by atoms with E-state index in [1.807, 2.05) is 13.0 Å². The van der Waals surface area contributed by atoms with Gasteiger partial charge in [0, 0.05) is 24.5 Å². The number of nitrogens with zero attached hydrogens (tertiary/aromatic N) is 2. The Balaban J connectivity index is 1.85. The number of rotatable bonds is 6. The van der Waals surface area contributed by atoms with E-state index in [2.05, 4.69) is 4.98 Å². The highest BCUT2D eigenvalue weighted by molar-refractivity contribution is 6.46. The van der Waals surface area contributed by atoms with Crippen LogP contribution in [0.5, 0.6) is 11.5 Å². The van der Waals surface area contributed by atoms with Gasteiger partial charge in [0.2, 0.25) is 0 Å². The monoisotopic (exact) mass is 444 g/mol. The minimum Gasteiger partial charge on any atom is -0.507 e. The predicted octanol–water partition coefficient (Wildman–Crippen LogP) is 4.03. The van der Waals surface area contributed by atoms with Crippen molar-refractivity contribution in [3.8, 4) is 11.5 Å². The summed E-state index contributed by atoms with van der Waals surface area (Å²) < 4.78 is 10.5. The molecule has 3 aromatic rings. The first-order chi connectivity index (χ1) is 15.9. The van der Waals surface area contributed by atoms with Crippen LogP contribution in [0.1, 0.15) is 28.3 Å². The number of methoxy groups -OCH3 is 2. The molecule has 1 aromatic heterocycles. The Morgan fingerprint density at radius 3 is 2.42 bits per heavy atom. The minimum absolute atomic E-state index is 0.0404. The van der Waals surface area contributed by atoms with Crippen LogP contribution in [0.3, 0.4) is 0 Å². The second-order valence-corrected chi connectivity index (χ2v) is 7.75. The molecule has 7 nitrogen and oxygen atoms in total. The molecule has 1 saturated heterocycles. The number of aliphatic hydroxyl groups excluding tert-OH is 1. The van der Waals surface area contributed by atoms with Crippen molar-refractivity contribution in [1.82, 2.24) is 9.88 Å². The first-order valence-electron chi connectivity index (χ1n) is 10.4. The molecule has 1 N–H and O–H groups in total. The van der Waals surface area contributed by atoms with Crippen LogP contribution in [-0.2, 0) is 16.1 Å². The van der Waals surface area contributed by atoms with E-state index in [-0.39, 0.29) is 17.9 Å². The molecule has 0 radical (unpaired) electrons. The van der Waals surface area contributed by atoms with Crippen LogP contribution in [0, 0.1) is 6.92 Å². The van der Waals surface area contributed by atoms with Crippen LogP contribution in [-0.4, -0.2) is 40.9 Å². The zero-order valence-electron chi connectivity index (χ0n) is 18.6. The topological polar surface area (TPSA) is 89.0 Å². The molecule has 33 heavy (non-hydrogen) atoms. The van der Waals surface area contributed by atoms with Crippen molar-refractivity contribution in [2.75, 3.05) is 14.2 Å². The fraction of sp³-hybridized carbons (Fsp3) is 0.192. The third-order valence-electron chi connectivity index (χ3n) is 5.72. The highest BCUT2D eigenvalue weighted by atomic mass is 16.5. The summed E-state index contributed by atoms with van der Waals surface area (Å²) in [4.78, 5) is 31.8. The van der Waals surface area contributed by atoms with Crippen molar-refractivity contribution in [3.05, 3.63) is 94.8 Å². The van der Waals surface area contributed by atoms with Gasteiger partial charge in [-0.1, -0.05) is 18.2 Å². The van der Waals surface area contributed by atoms with Gasteiger partial charge in [-0.2, -0.15) is 0 Å². The normalized spacial score (nSPS) is 17.3. The zero-order valence-corrected chi connectivity index (χ0v) is 18.6. The number of Topliss-reactive ketones (excluding diaryl/α,β-unsaturated/α-hetero) is 1. The number of aliphatic hydroxyl groups is 1. The number of likely N-dealkylation sites (tertiary alicyclic amines) is 1. The van der Waals surface area contributed by atoms with Crippen molar-refractivity contribution >= 4 is 17.4 Å². The van der Waals surface area contributed by atoms with Gasteiger partial charge in [0.15, 0.2) is 0 Å². The molecular weight excluding hydrogens is 420 g/mol. The molecule has 2 heterocycles. The Hall–Kier alpha value is -4.13. The molecule has 0 bridgehead atoms. The number of pyridine rings is 1. The van der Waals surface area contributed by atoms with Gasteiger partial charge in [-0.25, -0.2) is 0 Å². The molecule has 1 aliphatic rings. The molecule has 4 rings (SSSR count). The van der Waals surface area contributed by atoms with E-state index in [1.165, 1.54) is 4.90 Å². The van der Waals surface area contributed by atoms with Gasteiger partial charge in [0.25, 0.3) is 11.7 Å². The van der Waals surface area contributed by atoms with Gasteiger partial charge in [0.1, 0.15) is 17.3 Å². The molecule has 1 fully saturated rings. The third-order valence-corrected chi connectivity index (χ3v) is 5.72. The summed E-state index contributed by atoms with van der Waals surface area (Å²) in [6.07, 6.45) is 3.29. The first-order valence-corrected chi connectivity index (χ1v) is 10.4. The molecule has 0 spiro atoms. The maximum absolute atomic E-state index is 13.2. The summed E-state index contributed by atoms with van der Waals surface area (Å²) in [5, 5.41) is 11.2. The molecule has 7 heteroatoms. The zero-order chi connectivity index (χ0) is 23.5. The molecule has 168 valence electrons. The predicted molar refractivity (Wildman–Crippen MR) is 123 cm³/mol. The molecule has 2 aromatic carbocycles. The fourth-order valence-corrected chi connectivity index (χ4v) is 4.05. The summed E-state index contributed by atoms with van der Waals surface area (Å²) in [6, 6.07) is 15.1. The summed E-state index contributed by atoms with van der Waals surface area (Å²) >= 11 is 0. The molecule has 0 aliphatic carbocycles. The van der Waals surface area contributed by atoms with Crippen LogP contribution in [0.4, 0.5) is 0 Å². The summed E-state index contributed by atoms with van der Waals surface area (Å²) in [5.74, 6) is -0.324. The summed E-state index contributed by atoms with van der Waals surface area (Å²) in [7, 11) is 3.13. The van der Waals surface area contributed by atoms with E-state index < -0.39 is 17.7 Å². The molecule has 0 saturated carbocycles. The maximum atomic E-state index is 13.2. The summed E-state index contributed by atoms with van der Waals surface area (Å²) in [6.45, 7) is 2.02. The summed E-state index contributed by atoms with van der Waals surface area (Å²) in [5.41, 5.74) is 2.74. The van der Waals surface area contributed by atoms with E-state index in [4.69, 9.17) is 9.47 Å². The Morgan fingerprint density at radius 2 is 1.82 bits per heavy atom. The number of aryl methyl sites for hydroxylation is 1. The van der Waals surface area contributed by atoms with Gasteiger partial charge in [-0.3, -0.25) is 14.6 Å². The lowest BCUT2D eigenvalue weighted by Crippen LogP contribution is -2.29. The van der Waals surface area contributed by atoms with E-state index >= 15 is 0 Å². The molecule has 0 unspecified atom stereocenters. The lowest BCUT2D eigenvalue weighted by atomic mass is 9.94. The second kappa shape index (κ2) is 9.16. The number of benzene rings is 2. The Labute approximate surface area is 191 Å². The van der Waals surface area contributed by atoms with Gasteiger partial charge in [0.05, 0.1) is 25.8 Å². The number of ether oxygens (including phenoxy) is 2. The van der Waals surface area contributed by atoms with E-state index in [0.29, 0.717) is 22.6 Å². The van der Waals surface area contributed by atoms with Crippen molar-refractivity contribution in [2.45, 2.75) is 19.5 Å². The lowest BCUT2D eigenvalue weighted by Gasteiger charge is -2.25. The van der Waals surface area contributed by atoms with Crippen LogP contribution < -0.4 is 9.47 Å². The molecular formula is C26H24N2O5. The van der Waals surface area contributed by atoms with Crippen molar-refractivity contribution in [2.24, 2.45) is 0 Å². The number of aromatic nitrogens is 1. The number of hydrogen-bond donors (Lipinski definition) is 1. The fourth-order valence-electron chi connectivity index (χ4n) is 4.05. The van der Waals surface area contributed by atoms with Gasteiger partial charge in [-0.15, -0.1) is 0 Å². The molecule has 1 amide bonds. The van der Waals surface area contributed by atoms with E-state index in [1.54, 1.807) is 75.1 Å². The minimum atomic E-state index is -0.765. The van der Waals surface area contributed by atoms with Gasteiger partial charge >= 0.3 is 0 Å². The van der Waals surface area contributed by atoms with Gasteiger partial charge < -0.3 is 19.5 Å². The highest BCUT2D eigenvalue weighted by Crippen LogP contribution is 2.41. The van der Waals surface area contributed by atoms with Crippen LogP contribution >= 0.6 is 0 Å². The standard InChI is InChI=1S/C26H24N2O5/c1-16-13-19(8-11-21(16)33-3)24(29)22-23(18-6-9-20(32-2)10-7-18)28(26(31)25(22)30)15-17-5-4-12-27-14-17/h4-14,23,29H,15H2,1-3H3/t23-/m0/s1. The largest absolute Gasteiger partial charge is 0.507 e. The number of ketones is 1. The number of amides is 1. The van der Waals surface area contributed by atoms with Crippen LogP contribution in [0.2, 0.25) is 0 Å². The van der Waals surface area contributed by atoms with Crippen LogP contribution in [0.15, 0.2) is 72.6 Å². The SMILES string of the molecule is COc1ccc([C@H]2C(=C(O)c3ccc(OC)c(C)c3)C(=O)C(=O)N2Cc2cccnc2)cc1. The quantitative estimate of drug-likeness (QED) is 0.351. The Kier molecular flexibility index (Phi) is 6.13. The van der Waals surface area contributed by atoms with Crippen LogP contribution in [0.25, 0.3) is 5.76 Å². The Morgan fingerprint density at radius 1 is 1.06 bits per heavy atom. The van der Waals surface area contributed by atoms with Crippen molar-refractivity contribution < 1.29 is 24.2 Å². The van der Waals surface area contributed by atoms with Crippen molar-refractivity contribution in [3.63, 3.8) is 0 Å². The second-order valence-electron chi connectivity index (χ2n) is 7.75. The first kappa shape index (κ1) is 22.1. The average Bonchev–Trinajstić information content (AvgIpc) is 3.09. The average molecular weight is 444 g/mol. The molecule has 1 aliphatic heterocycles. The van der Waals surface area contributed by atoms with E-state index in [0.717, 1.165) is 11.1 Å².